The molecule has 0 heterocycles. The second kappa shape index (κ2) is 5.24. The molecule has 0 radical (unpaired) electrons. The molecule has 4 nitrogen and oxygen atoms in total. The summed E-state index contributed by atoms with van der Waals surface area (Å²) in [5.74, 6) is -0.0875. The maximum Gasteiger partial charge on any atom is 0.224 e. The Kier molecular flexibility index (Phi) is 4.66. The smallest absolute Gasteiger partial charge is 0.224 e. The highest BCUT2D eigenvalue weighted by Gasteiger charge is 2.04. The Morgan fingerprint density at radius 1 is 1.43 bits per heavy atom. The Morgan fingerprint density at radius 2 is 2.07 bits per heavy atom. The molecule has 0 aliphatic heterocycles. The molecule has 0 unspecified atom stereocenters. The molecule has 0 aliphatic carbocycles. The molecule has 1 aromatic rings. The van der Waals surface area contributed by atoms with Gasteiger partial charge in [0.2, 0.25) is 11.2 Å². The molecule has 0 saturated carbocycles. The summed E-state index contributed by atoms with van der Waals surface area (Å²) in [6, 6.07) is 4.56. The number of hydrogen-bond donors (Lipinski definition) is 1. The number of rotatable bonds is 2. The zero-order valence-corrected chi connectivity index (χ0v) is 8.20. The number of aryl methyl sites for hydroxylation is 1. The van der Waals surface area contributed by atoms with Crippen molar-refractivity contribution in [2.24, 2.45) is 0 Å². The fourth-order valence-electron chi connectivity index (χ4n) is 1.02. The third-order valence-corrected chi connectivity index (χ3v) is 1.61. The summed E-state index contributed by atoms with van der Waals surface area (Å²) in [6.07, 6.45) is 0. The third kappa shape index (κ3) is 2.74. The minimum atomic E-state index is -0.290. The van der Waals surface area contributed by atoms with Gasteiger partial charge in [0.1, 0.15) is 0 Å². The van der Waals surface area contributed by atoms with E-state index in [9.17, 15) is 9.90 Å². The van der Waals surface area contributed by atoms with Crippen LogP contribution in [0, 0.1) is 6.92 Å². The first-order valence-electron chi connectivity index (χ1n) is 4.12. The lowest BCUT2D eigenvalue weighted by molar-refractivity contribution is 0.316. The molecule has 1 aromatic carbocycles. The molecule has 1 rings (SSSR count). The maximum atomic E-state index is 11.4. The molecule has 0 aliphatic rings. The fraction of sp³-hybridized carbons (Fsp3) is 0.300. The van der Waals surface area contributed by atoms with Gasteiger partial charge in [0.05, 0.1) is 6.61 Å². The van der Waals surface area contributed by atoms with Gasteiger partial charge in [-0.15, -0.1) is 0 Å². The van der Waals surface area contributed by atoms with Crippen LogP contribution in [0.2, 0.25) is 0 Å². The van der Waals surface area contributed by atoms with Crippen LogP contribution < -0.4 is 10.2 Å². The van der Waals surface area contributed by atoms with Crippen LogP contribution in [0.4, 0.5) is 0 Å². The molecule has 0 spiro atoms. The van der Waals surface area contributed by atoms with Gasteiger partial charge >= 0.3 is 0 Å². The van der Waals surface area contributed by atoms with E-state index < -0.39 is 0 Å². The van der Waals surface area contributed by atoms with Gasteiger partial charge < -0.3 is 15.3 Å². The van der Waals surface area contributed by atoms with Crippen molar-refractivity contribution in [3.63, 3.8) is 0 Å². The van der Waals surface area contributed by atoms with E-state index in [4.69, 9.17) is 4.74 Å². The average Bonchev–Trinajstić information content (AvgIpc) is 2.19. The van der Waals surface area contributed by atoms with E-state index in [0.717, 1.165) is 5.56 Å². The van der Waals surface area contributed by atoms with Crippen molar-refractivity contribution in [3.8, 4) is 11.5 Å². The van der Waals surface area contributed by atoms with Gasteiger partial charge in [-0.1, -0.05) is 6.07 Å². The first kappa shape index (κ1) is 12.4. The molecule has 14 heavy (non-hydrogen) atoms. The van der Waals surface area contributed by atoms with Gasteiger partial charge in [-0.25, -0.2) is 0 Å². The molecular formula is C10H14O4. The summed E-state index contributed by atoms with van der Waals surface area (Å²) in [7, 11) is 0. The lowest BCUT2D eigenvalue weighted by atomic mass is 10.3. The molecular weight excluding hydrogens is 184 g/mol. The number of ether oxygens (including phenoxy) is 1. The molecule has 0 bridgehead atoms. The Bertz CT molecular complexity index is 360. The first-order chi connectivity index (χ1) is 6.15. The topological polar surface area (TPSA) is 78.0 Å². The van der Waals surface area contributed by atoms with Crippen LogP contribution in [-0.4, -0.2) is 17.2 Å². The van der Waals surface area contributed by atoms with E-state index in [1.165, 1.54) is 12.1 Å². The van der Waals surface area contributed by atoms with Crippen LogP contribution in [-0.2, 0) is 0 Å². The standard InChI is InChI=1S/C10H12O3.H2O/c1-3-13-10-8(11)5-4-7(2)6-9(10)12;/h4-6,11H,3H2,1-2H3;1H2. The molecule has 0 fully saturated rings. The highest BCUT2D eigenvalue weighted by atomic mass is 16.5. The molecule has 78 valence electrons. The average molecular weight is 198 g/mol. The summed E-state index contributed by atoms with van der Waals surface area (Å²) in [6.45, 7) is 3.92. The van der Waals surface area contributed by atoms with Gasteiger partial charge in [0.15, 0.2) is 5.75 Å². The van der Waals surface area contributed by atoms with E-state index in [2.05, 4.69) is 0 Å². The van der Waals surface area contributed by atoms with Crippen molar-refractivity contribution in [1.29, 1.82) is 0 Å². The van der Waals surface area contributed by atoms with E-state index in [0.29, 0.717) is 6.61 Å². The fourth-order valence-corrected chi connectivity index (χ4v) is 1.02. The quantitative estimate of drug-likeness (QED) is 0.757. The number of aromatic hydroxyl groups is 1. The van der Waals surface area contributed by atoms with Gasteiger partial charge in [-0.3, -0.25) is 4.79 Å². The predicted molar refractivity (Wildman–Crippen MR) is 53.9 cm³/mol. The van der Waals surface area contributed by atoms with Crippen LogP contribution >= 0.6 is 0 Å². The first-order valence-corrected chi connectivity index (χ1v) is 4.12. The second-order valence-electron chi connectivity index (χ2n) is 2.73. The summed E-state index contributed by atoms with van der Waals surface area (Å²) >= 11 is 0. The van der Waals surface area contributed by atoms with Crippen LogP contribution in [0.3, 0.4) is 0 Å². The van der Waals surface area contributed by atoms with Gasteiger partial charge in [0, 0.05) is 0 Å². The number of hydrogen-bond acceptors (Lipinski definition) is 3. The highest BCUT2D eigenvalue weighted by molar-refractivity contribution is 5.38. The summed E-state index contributed by atoms with van der Waals surface area (Å²) < 4.78 is 5.02. The molecule has 3 N–H and O–H groups in total. The maximum absolute atomic E-state index is 11.4. The largest absolute Gasteiger partial charge is 0.504 e. The van der Waals surface area contributed by atoms with E-state index in [-0.39, 0.29) is 22.4 Å². The minimum Gasteiger partial charge on any atom is -0.504 e. The van der Waals surface area contributed by atoms with Gasteiger partial charge in [-0.05, 0) is 31.5 Å². The normalized spacial score (nSPS) is 9.00. The van der Waals surface area contributed by atoms with E-state index in [1.807, 2.05) is 0 Å². The van der Waals surface area contributed by atoms with Crippen LogP contribution in [0.1, 0.15) is 12.5 Å². The molecule has 0 amide bonds. The minimum absolute atomic E-state index is 0. The van der Waals surface area contributed by atoms with E-state index in [1.54, 1.807) is 19.9 Å². The molecule has 0 atom stereocenters. The zero-order chi connectivity index (χ0) is 9.84. The summed E-state index contributed by atoms with van der Waals surface area (Å²) in [5.41, 5.74) is 0.508. The predicted octanol–water partition coefficient (Wildman–Crippen LogP) is 0.635. The highest BCUT2D eigenvalue weighted by Crippen LogP contribution is 2.19. The third-order valence-electron chi connectivity index (χ3n) is 1.61. The Morgan fingerprint density at radius 3 is 2.64 bits per heavy atom. The Labute approximate surface area is 82.1 Å². The molecule has 4 heteroatoms. The van der Waals surface area contributed by atoms with Crippen molar-refractivity contribution >= 4 is 0 Å². The molecule has 0 saturated heterocycles. The molecule has 0 aromatic heterocycles. The summed E-state index contributed by atoms with van der Waals surface area (Å²) in [5, 5.41) is 9.38. The van der Waals surface area contributed by atoms with Gasteiger partial charge in [0.25, 0.3) is 0 Å². The van der Waals surface area contributed by atoms with Crippen molar-refractivity contribution in [2.75, 3.05) is 6.61 Å². The van der Waals surface area contributed by atoms with Crippen LogP contribution in [0.5, 0.6) is 11.5 Å². The van der Waals surface area contributed by atoms with E-state index >= 15 is 0 Å². The van der Waals surface area contributed by atoms with Gasteiger partial charge in [-0.2, -0.15) is 0 Å². The SMILES string of the molecule is CCOc1c(O)ccc(C)cc1=O.O. The Balaban J connectivity index is 0.00000169. The Hall–Kier alpha value is -1.55. The monoisotopic (exact) mass is 198 g/mol. The lowest BCUT2D eigenvalue weighted by Crippen LogP contribution is -2.04. The second-order valence-corrected chi connectivity index (χ2v) is 2.73. The van der Waals surface area contributed by atoms with Crippen molar-refractivity contribution < 1.29 is 15.3 Å². The van der Waals surface area contributed by atoms with Crippen LogP contribution in [0.15, 0.2) is 23.0 Å². The summed E-state index contributed by atoms with van der Waals surface area (Å²) in [4.78, 5) is 11.4. The van der Waals surface area contributed by atoms with Crippen LogP contribution in [0.25, 0.3) is 0 Å². The zero-order valence-electron chi connectivity index (χ0n) is 8.20. The van der Waals surface area contributed by atoms with Crippen molar-refractivity contribution in [3.05, 3.63) is 34.0 Å². The van der Waals surface area contributed by atoms with Crippen molar-refractivity contribution in [1.82, 2.24) is 0 Å². The lowest BCUT2D eigenvalue weighted by Gasteiger charge is -1.99. The van der Waals surface area contributed by atoms with Crippen molar-refractivity contribution in [2.45, 2.75) is 13.8 Å².